The first-order valence-corrected chi connectivity index (χ1v) is 9.68. The summed E-state index contributed by atoms with van der Waals surface area (Å²) < 4.78 is 11.4. The Bertz CT molecular complexity index is 584. The van der Waals surface area contributed by atoms with Crippen LogP contribution in [-0.2, 0) is 11.3 Å². The first-order valence-electron chi connectivity index (χ1n) is 9.68. The Morgan fingerprint density at radius 1 is 1.20 bits per heavy atom. The van der Waals surface area contributed by atoms with Crippen LogP contribution < -0.4 is 4.74 Å². The van der Waals surface area contributed by atoms with E-state index < -0.39 is 0 Å². The topological polar surface area (TPSA) is 37.8 Å². The molecular weight excluding hydrogens is 314 g/mol. The summed E-state index contributed by atoms with van der Waals surface area (Å²) in [6.07, 6.45) is 7.10. The Morgan fingerprint density at radius 2 is 2.00 bits per heavy atom. The minimum absolute atomic E-state index is 0.349. The Labute approximate surface area is 151 Å². The average molecular weight is 345 g/mol. The summed E-state index contributed by atoms with van der Waals surface area (Å²) in [4.78, 5) is 9.42. The first-order chi connectivity index (χ1) is 12.2. The highest BCUT2D eigenvalue weighted by Crippen LogP contribution is 2.39. The number of piperidine rings is 1. The van der Waals surface area contributed by atoms with Gasteiger partial charge in [0.05, 0.1) is 7.11 Å². The largest absolute Gasteiger partial charge is 0.481 e. The van der Waals surface area contributed by atoms with Crippen LogP contribution in [0.4, 0.5) is 0 Å². The maximum Gasteiger partial charge on any atom is 0.217 e. The van der Waals surface area contributed by atoms with Crippen molar-refractivity contribution in [2.24, 2.45) is 11.8 Å². The number of rotatable bonds is 7. The minimum Gasteiger partial charge on any atom is -0.481 e. The minimum atomic E-state index is 0.349. The van der Waals surface area contributed by atoms with E-state index in [0.717, 1.165) is 50.6 Å². The van der Waals surface area contributed by atoms with E-state index in [1.54, 1.807) is 13.3 Å². The molecular formula is C20H31N3O2. The lowest BCUT2D eigenvalue weighted by atomic mass is 9.75. The first kappa shape index (κ1) is 17.3. The molecule has 4 rings (SSSR count). The third kappa shape index (κ3) is 3.83. The molecule has 0 bridgehead atoms. The van der Waals surface area contributed by atoms with Crippen molar-refractivity contribution < 1.29 is 9.47 Å². The standard InChI is InChI=1S/C20H31N3O2/c1-22-9-7-17(13-25-12-16-5-6-16)10-20(22)14-23(15-20)11-18-4-3-8-21-19(18)24-2/h3-4,8,16-17H,5-7,9-15H2,1-2H3. The number of hydrogen-bond donors (Lipinski definition) is 0. The second-order valence-corrected chi connectivity index (χ2v) is 8.30. The number of ether oxygens (including phenoxy) is 2. The third-order valence-corrected chi connectivity index (χ3v) is 6.23. The molecule has 3 fully saturated rings. The number of aromatic nitrogens is 1. The highest BCUT2D eigenvalue weighted by atomic mass is 16.5. The number of nitrogens with zero attached hydrogens (tertiary/aromatic N) is 3. The summed E-state index contributed by atoms with van der Waals surface area (Å²) >= 11 is 0. The second kappa shape index (κ2) is 7.22. The van der Waals surface area contributed by atoms with Gasteiger partial charge in [0.2, 0.25) is 5.88 Å². The smallest absolute Gasteiger partial charge is 0.217 e. The van der Waals surface area contributed by atoms with Crippen molar-refractivity contribution in [1.82, 2.24) is 14.8 Å². The van der Waals surface area contributed by atoms with Gasteiger partial charge in [-0.25, -0.2) is 4.98 Å². The van der Waals surface area contributed by atoms with Gasteiger partial charge in [0, 0.05) is 50.1 Å². The predicted molar refractivity (Wildman–Crippen MR) is 97.7 cm³/mol. The molecule has 0 N–H and O–H groups in total. The van der Waals surface area contributed by atoms with E-state index in [2.05, 4.69) is 27.9 Å². The van der Waals surface area contributed by atoms with Crippen LogP contribution in [0.1, 0.15) is 31.2 Å². The van der Waals surface area contributed by atoms with Crippen LogP contribution in [0.25, 0.3) is 0 Å². The molecule has 25 heavy (non-hydrogen) atoms. The third-order valence-electron chi connectivity index (χ3n) is 6.23. The van der Waals surface area contributed by atoms with Crippen molar-refractivity contribution in [3.63, 3.8) is 0 Å². The fraction of sp³-hybridized carbons (Fsp3) is 0.750. The molecule has 1 aliphatic carbocycles. The maximum atomic E-state index is 5.99. The summed E-state index contributed by atoms with van der Waals surface area (Å²) in [6.45, 7) is 6.35. The van der Waals surface area contributed by atoms with Crippen LogP contribution in [0, 0.1) is 11.8 Å². The number of methoxy groups -OCH3 is 1. The fourth-order valence-electron chi connectivity index (χ4n) is 4.47. The second-order valence-electron chi connectivity index (χ2n) is 8.30. The van der Waals surface area contributed by atoms with E-state index in [-0.39, 0.29) is 0 Å². The Balaban J connectivity index is 1.29. The van der Waals surface area contributed by atoms with E-state index in [4.69, 9.17) is 9.47 Å². The molecule has 0 aromatic carbocycles. The van der Waals surface area contributed by atoms with Crippen molar-refractivity contribution in [2.75, 3.05) is 47.0 Å². The molecule has 1 aromatic heterocycles. The number of pyridine rings is 1. The summed E-state index contributed by atoms with van der Waals surface area (Å²) in [6, 6.07) is 4.11. The zero-order valence-electron chi connectivity index (χ0n) is 15.6. The van der Waals surface area contributed by atoms with E-state index >= 15 is 0 Å². The Hall–Kier alpha value is -1.17. The van der Waals surface area contributed by atoms with Crippen LogP contribution >= 0.6 is 0 Å². The molecule has 5 heteroatoms. The van der Waals surface area contributed by atoms with Gasteiger partial charge in [-0.15, -0.1) is 0 Å². The summed E-state index contributed by atoms with van der Waals surface area (Å²) in [5.74, 6) is 2.35. The monoisotopic (exact) mass is 345 g/mol. The van der Waals surface area contributed by atoms with Crippen molar-refractivity contribution in [1.29, 1.82) is 0 Å². The van der Waals surface area contributed by atoms with Gasteiger partial charge >= 0.3 is 0 Å². The molecule has 3 heterocycles. The van der Waals surface area contributed by atoms with Gasteiger partial charge in [-0.1, -0.05) is 6.07 Å². The number of likely N-dealkylation sites (N-methyl/N-ethyl adjacent to an activating group) is 1. The van der Waals surface area contributed by atoms with E-state index in [1.165, 1.54) is 37.8 Å². The summed E-state index contributed by atoms with van der Waals surface area (Å²) in [5.41, 5.74) is 1.53. The van der Waals surface area contributed by atoms with Crippen molar-refractivity contribution in [3.8, 4) is 5.88 Å². The van der Waals surface area contributed by atoms with Gasteiger partial charge < -0.3 is 9.47 Å². The van der Waals surface area contributed by atoms with Gasteiger partial charge in [-0.05, 0) is 57.2 Å². The van der Waals surface area contributed by atoms with Crippen molar-refractivity contribution in [3.05, 3.63) is 23.9 Å². The molecule has 1 atom stereocenters. The van der Waals surface area contributed by atoms with Gasteiger partial charge in [0.15, 0.2) is 0 Å². The lowest BCUT2D eigenvalue weighted by Gasteiger charge is -2.58. The van der Waals surface area contributed by atoms with Crippen LogP contribution in [0.15, 0.2) is 18.3 Å². The Morgan fingerprint density at radius 3 is 2.76 bits per heavy atom. The molecule has 138 valence electrons. The Kier molecular flexibility index (Phi) is 4.98. The summed E-state index contributed by atoms with van der Waals surface area (Å²) in [5, 5.41) is 0. The van der Waals surface area contributed by atoms with Gasteiger partial charge in [-0.3, -0.25) is 9.80 Å². The van der Waals surface area contributed by atoms with Gasteiger partial charge in [0.25, 0.3) is 0 Å². The molecule has 3 aliphatic rings. The van der Waals surface area contributed by atoms with E-state index in [9.17, 15) is 0 Å². The molecule has 1 aromatic rings. The molecule has 0 radical (unpaired) electrons. The molecule has 0 amide bonds. The van der Waals surface area contributed by atoms with Crippen LogP contribution in [-0.4, -0.2) is 67.3 Å². The molecule has 2 saturated heterocycles. The maximum absolute atomic E-state index is 5.99. The lowest BCUT2D eigenvalue weighted by Crippen LogP contribution is -2.71. The molecule has 2 aliphatic heterocycles. The van der Waals surface area contributed by atoms with Crippen molar-refractivity contribution >= 4 is 0 Å². The van der Waals surface area contributed by atoms with Crippen LogP contribution in [0.3, 0.4) is 0 Å². The van der Waals surface area contributed by atoms with E-state index in [0.29, 0.717) is 5.54 Å². The lowest BCUT2D eigenvalue weighted by molar-refractivity contribution is -0.0931. The normalized spacial score (nSPS) is 26.6. The molecule has 5 nitrogen and oxygen atoms in total. The average Bonchev–Trinajstić information content (AvgIpc) is 3.41. The van der Waals surface area contributed by atoms with Crippen LogP contribution in [0.2, 0.25) is 0 Å². The fourth-order valence-corrected chi connectivity index (χ4v) is 4.47. The predicted octanol–water partition coefficient (Wildman–Crippen LogP) is 2.41. The van der Waals surface area contributed by atoms with Crippen molar-refractivity contribution in [2.45, 2.75) is 37.8 Å². The van der Waals surface area contributed by atoms with Gasteiger partial charge in [-0.2, -0.15) is 0 Å². The molecule has 1 spiro atoms. The highest BCUT2D eigenvalue weighted by molar-refractivity contribution is 5.26. The quantitative estimate of drug-likeness (QED) is 0.759. The zero-order chi connectivity index (χ0) is 17.3. The van der Waals surface area contributed by atoms with Gasteiger partial charge in [0.1, 0.15) is 0 Å². The van der Waals surface area contributed by atoms with E-state index in [1.807, 2.05) is 6.07 Å². The number of hydrogen-bond acceptors (Lipinski definition) is 5. The highest BCUT2D eigenvalue weighted by Gasteiger charge is 2.49. The summed E-state index contributed by atoms with van der Waals surface area (Å²) in [7, 11) is 3.99. The SMILES string of the molecule is COc1ncccc1CN1CC2(CC(COCC3CC3)CCN2C)C1. The number of likely N-dealkylation sites (tertiary alicyclic amines) is 2. The van der Waals surface area contributed by atoms with Crippen LogP contribution in [0.5, 0.6) is 5.88 Å². The molecule has 1 unspecified atom stereocenters. The molecule has 1 saturated carbocycles. The zero-order valence-corrected chi connectivity index (χ0v) is 15.6.